The lowest BCUT2D eigenvalue weighted by Crippen LogP contribution is -2.52. The third-order valence-electron chi connectivity index (χ3n) is 3.39. The summed E-state index contributed by atoms with van der Waals surface area (Å²) < 4.78 is 0. The Kier molecular flexibility index (Phi) is 3.48. The lowest BCUT2D eigenvalue weighted by molar-refractivity contribution is 0.0655. The van der Waals surface area contributed by atoms with E-state index >= 15 is 0 Å². The number of benzene rings is 1. The van der Waals surface area contributed by atoms with Crippen LogP contribution in [-0.2, 0) is 0 Å². The summed E-state index contributed by atoms with van der Waals surface area (Å²) >= 11 is 0. The van der Waals surface area contributed by atoms with Crippen LogP contribution in [0.2, 0.25) is 0 Å². The Hall–Kier alpha value is -1.35. The molecule has 1 atom stereocenters. The number of piperazine rings is 1. The van der Waals surface area contributed by atoms with Crippen LogP contribution in [0.1, 0.15) is 28.4 Å². The van der Waals surface area contributed by atoms with Crippen molar-refractivity contribution in [3.63, 3.8) is 0 Å². The van der Waals surface area contributed by atoms with Crippen LogP contribution in [0.5, 0.6) is 0 Å². The number of amides is 1. The smallest absolute Gasteiger partial charge is 0.254 e. The monoisotopic (exact) mass is 232 g/mol. The highest BCUT2D eigenvalue weighted by Gasteiger charge is 2.24. The number of aryl methyl sites for hydroxylation is 2. The maximum absolute atomic E-state index is 12.5. The predicted molar refractivity (Wildman–Crippen MR) is 69.3 cm³/mol. The largest absolute Gasteiger partial charge is 0.333 e. The molecule has 0 radical (unpaired) electrons. The number of hydrogen-bond acceptors (Lipinski definition) is 2. The van der Waals surface area contributed by atoms with Crippen molar-refractivity contribution in [2.45, 2.75) is 26.8 Å². The zero-order valence-electron chi connectivity index (χ0n) is 10.8. The van der Waals surface area contributed by atoms with Crippen LogP contribution >= 0.6 is 0 Å². The number of nitrogens with one attached hydrogen (secondary N) is 1. The minimum Gasteiger partial charge on any atom is -0.333 e. The Morgan fingerprint density at radius 3 is 2.88 bits per heavy atom. The number of rotatable bonds is 1. The van der Waals surface area contributed by atoms with Gasteiger partial charge in [-0.1, -0.05) is 17.7 Å². The molecule has 3 nitrogen and oxygen atoms in total. The van der Waals surface area contributed by atoms with Gasteiger partial charge < -0.3 is 10.2 Å². The van der Waals surface area contributed by atoms with Crippen molar-refractivity contribution in [1.29, 1.82) is 0 Å². The molecule has 1 amide bonds. The molecule has 0 aromatic heterocycles. The highest BCUT2D eigenvalue weighted by Crippen LogP contribution is 2.15. The second-order valence-electron chi connectivity index (χ2n) is 4.87. The van der Waals surface area contributed by atoms with Crippen molar-refractivity contribution in [1.82, 2.24) is 10.2 Å². The molecular weight excluding hydrogens is 212 g/mol. The average molecular weight is 232 g/mol. The first-order valence-electron chi connectivity index (χ1n) is 6.18. The lowest BCUT2D eigenvalue weighted by atomic mass is 10.0. The summed E-state index contributed by atoms with van der Waals surface area (Å²) in [5.41, 5.74) is 3.05. The van der Waals surface area contributed by atoms with E-state index < -0.39 is 0 Å². The van der Waals surface area contributed by atoms with Crippen molar-refractivity contribution < 1.29 is 4.79 Å². The number of hydrogen-bond donors (Lipinski definition) is 1. The molecule has 2 rings (SSSR count). The van der Waals surface area contributed by atoms with Crippen LogP contribution in [0.25, 0.3) is 0 Å². The zero-order valence-corrected chi connectivity index (χ0v) is 10.8. The number of carbonyl (C=O) groups excluding carboxylic acids is 1. The van der Waals surface area contributed by atoms with Crippen molar-refractivity contribution in [3.8, 4) is 0 Å². The predicted octanol–water partition coefficient (Wildman–Crippen LogP) is 1.74. The van der Waals surface area contributed by atoms with Crippen molar-refractivity contribution >= 4 is 5.91 Å². The van der Waals surface area contributed by atoms with E-state index in [1.165, 1.54) is 0 Å². The molecule has 1 aromatic carbocycles. The van der Waals surface area contributed by atoms with E-state index in [0.29, 0.717) is 0 Å². The highest BCUT2D eigenvalue weighted by molar-refractivity contribution is 5.96. The Balaban J connectivity index is 2.26. The van der Waals surface area contributed by atoms with Gasteiger partial charge in [0.1, 0.15) is 0 Å². The first-order chi connectivity index (χ1) is 8.09. The molecule has 0 bridgehead atoms. The molecule has 92 valence electrons. The third-order valence-corrected chi connectivity index (χ3v) is 3.39. The summed E-state index contributed by atoms with van der Waals surface area (Å²) in [6.45, 7) is 8.69. The molecule has 1 aliphatic heterocycles. The van der Waals surface area contributed by atoms with Gasteiger partial charge in [0, 0.05) is 31.2 Å². The van der Waals surface area contributed by atoms with Gasteiger partial charge in [-0.25, -0.2) is 0 Å². The number of carbonyl (C=O) groups is 1. The molecule has 1 heterocycles. The van der Waals surface area contributed by atoms with Crippen LogP contribution in [0.4, 0.5) is 0 Å². The van der Waals surface area contributed by atoms with Gasteiger partial charge in [-0.2, -0.15) is 0 Å². The van der Waals surface area contributed by atoms with Crippen molar-refractivity contribution in [2.24, 2.45) is 0 Å². The lowest BCUT2D eigenvalue weighted by Gasteiger charge is -2.34. The maximum atomic E-state index is 12.5. The average Bonchev–Trinajstić information content (AvgIpc) is 2.32. The normalized spacial score (nSPS) is 20.4. The van der Waals surface area contributed by atoms with E-state index in [4.69, 9.17) is 0 Å². The van der Waals surface area contributed by atoms with E-state index in [1.54, 1.807) is 0 Å². The van der Waals surface area contributed by atoms with Gasteiger partial charge in [-0.15, -0.1) is 0 Å². The zero-order chi connectivity index (χ0) is 12.4. The Bertz CT molecular complexity index is 428. The van der Waals surface area contributed by atoms with Crippen LogP contribution in [0, 0.1) is 13.8 Å². The number of nitrogens with zero attached hydrogens (tertiary/aromatic N) is 1. The van der Waals surface area contributed by atoms with E-state index in [-0.39, 0.29) is 11.9 Å². The molecule has 0 saturated carbocycles. The molecule has 17 heavy (non-hydrogen) atoms. The molecule has 3 heteroatoms. The Morgan fingerprint density at radius 1 is 1.41 bits per heavy atom. The standard InChI is InChI=1S/C14H20N2O/c1-10-4-5-11(2)13(8-10)14(17)16-7-6-15-9-12(16)3/h4-5,8,12,15H,6-7,9H2,1-3H3. The topological polar surface area (TPSA) is 32.3 Å². The van der Waals surface area contributed by atoms with E-state index in [1.807, 2.05) is 36.9 Å². The van der Waals surface area contributed by atoms with E-state index in [2.05, 4.69) is 12.2 Å². The summed E-state index contributed by atoms with van der Waals surface area (Å²) in [4.78, 5) is 14.5. The summed E-state index contributed by atoms with van der Waals surface area (Å²) in [6.07, 6.45) is 0. The summed E-state index contributed by atoms with van der Waals surface area (Å²) in [5.74, 6) is 0.167. The van der Waals surface area contributed by atoms with Gasteiger partial charge in [0.15, 0.2) is 0 Å². The van der Waals surface area contributed by atoms with Gasteiger partial charge in [-0.3, -0.25) is 4.79 Å². The molecule has 1 aromatic rings. The maximum Gasteiger partial charge on any atom is 0.254 e. The summed E-state index contributed by atoms with van der Waals surface area (Å²) in [7, 11) is 0. The van der Waals surface area contributed by atoms with Crippen molar-refractivity contribution in [3.05, 3.63) is 34.9 Å². The quantitative estimate of drug-likeness (QED) is 0.800. The SMILES string of the molecule is Cc1ccc(C)c(C(=O)N2CCNCC2C)c1. The fraction of sp³-hybridized carbons (Fsp3) is 0.500. The van der Waals surface area contributed by atoms with Gasteiger partial charge in [0.05, 0.1) is 0 Å². The van der Waals surface area contributed by atoms with Gasteiger partial charge >= 0.3 is 0 Å². The first-order valence-corrected chi connectivity index (χ1v) is 6.18. The minimum atomic E-state index is 0.167. The highest BCUT2D eigenvalue weighted by atomic mass is 16.2. The second kappa shape index (κ2) is 4.88. The molecule has 1 unspecified atom stereocenters. The van der Waals surface area contributed by atoms with Crippen molar-refractivity contribution in [2.75, 3.05) is 19.6 Å². The van der Waals surface area contributed by atoms with Gasteiger partial charge in [0.25, 0.3) is 5.91 Å². The Labute approximate surface area is 103 Å². The second-order valence-corrected chi connectivity index (χ2v) is 4.87. The minimum absolute atomic E-state index is 0.167. The van der Waals surface area contributed by atoms with Crippen LogP contribution in [-0.4, -0.2) is 36.5 Å². The first kappa shape index (κ1) is 12.1. The van der Waals surface area contributed by atoms with Gasteiger partial charge in [-0.05, 0) is 32.4 Å². The molecule has 0 aliphatic carbocycles. The molecular formula is C14H20N2O. The fourth-order valence-electron chi connectivity index (χ4n) is 2.26. The molecule has 0 spiro atoms. The molecule has 1 aliphatic rings. The van der Waals surface area contributed by atoms with Crippen LogP contribution in [0.3, 0.4) is 0 Å². The molecule has 1 saturated heterocycles. The van der Waals surface area contributed by atoms with E-state index in [9.17, 15) is 4.79 Å². The van der Waals surface area contributed by atoms with Crippen LogP contribution < -0.4 is 5.32 Å². The molecule has 1 fully saturated rings. The fourth-order valence-corrected chi connectivity index (χ4v) is 2.26. The summed E-state index contributed by atoms with van der Waals surface area (Å²) in [5, 5.41) is 3.30. The van der Waals surface area contributed by atoms with Gasteiger partial charge in [0.2, 0.25) is 0 Å². The molecule has 1 N–H and O–H groups in total. The summed E-state index contributed by atoms with van der Waals surface area (Å²) in [6, 6.07) is 6.34. The third kappa shape index (κ3) is 2.50. The Morgan fingerprint density at radius 2 is 2.18 bits per heavy atom. The van der Waals surface area contributed by atoms with Crippen LogP contribution in [0.15, 0.2) is 18.2 Å². The van der Waals surface area contributed by atoms with E-state index in [0.717, 1.165) is 36.3 Å².